The highest BCUT2D eigenvalue weighted by Gasteiger charge is 2.11. The maximum atomic E-state index is 11.6. The molecule has 1 aliphatic rings. The Bertz CT molecular complexity index is 428. The van der Waals surface area contributed by atoms with E-state index in [1.54, 1.807) is 7.11 Å². The van der Waals surface area contributed by atoms with Gasteiger partial charge in [-0.25, -0.2) is 0 Å². The summed E-state index contributed by atoms with van der Waals surface area (Å²) in [7, 11) is 1.66. The Kier molecular flexibility index (Phi) is 6.34. The van der Waals surface area contributed by atoms with E-state index in [4.69, 9.17) is 4.74 Å². The number of anilines is 2. The molecule has 1 aromatic rings. The van der Waals surface area contributed by atoms with Crippen LogP contribution in [0.5, 0.6) is 0 Å². The van der Waals surface area contributed by atoms with Crippen LogP contribution in [0.3, 0.4) is 0 Å². The molecule has 2 N–H and O–H groups in total. The molecule has 0 unspecified atom stereocenters. The van der Waals surface area contributed by atoms with Crippen LogP contribution in [0.2, 0.25) is 0 Å². The van der Waals surface area contributed by atoms with E-state index in [1.165, 1.54) is 18.5 Å². The van der Waals surface area contributed by atoms with Crippen molar-refractivity contribution >= 4 is 17.3 Å². The van der Waals surface area contributed by atoms with Gasteiger partial charge < -0.3 is 20.3 Å². The summed E-state index contributed by atoms with van der Waals surface area (Å²) in [6.07, 6.45) is 3.40. The number of nitrogens with one attached hydrogen (secondary N) is 2. The lowest BCUT2D eigenvalue weighted by molar-refractivity contribution is -0.119. The maximum Gasteiger partial charge on any atom is 0.239 e. The lowest BCUT2D eigenvalue weighted by atomic mass is 10.2. The van der Waals surface area contributed by atoms with E-state index >= 15 is 0 Å². The number of hydrogen-bond donors (Lipinski definition) is 2. The van der Waals surface area contributed by atoms with Crippen molar-refractivity contribution in [3.8, 4) is 0 Å². The Balaban J connectivity index is 1.69. The lowest BCUT2D eigenvalue weighted by Crippen LogP contribution is -2.31. The number of carbonyl (C=O) groups is 1. The number of amides is 1. The van der Waals surface area contributed by atoms with Gasteiger partial charge in [0.15, 0.2) is 0 Å². The Hall–Kier alpha value is -1.75. The standard InChI is InChI=1S/C16H25N3O2/c1-21-12-4-9-17-16(20)13-18-14-5-7-15(8-6-14)19-10-2-3-11-19/h5-8,18H,2-4,9-13H2,1H3,(H,17,20). The van der Waals surface area contributed by atoms with E-state index < -0.39 is 0 Å². The van der Waals surface area contributed by atoms with Crippen molar-refractivity contribution in [3.63, 3.8) is 0 Å². The Morgan fingerprint density at radius 3 is 2.62 bits per heavy atom. The zero-order valence-electron chi connectivity index (χ0n) is 12.7. The van der Waals surface area contributed by atoms with Crippen molar-refractivity contribution < 1.29 is 9.53 Å². The molecule has 1 aromatic carbocycles. The molecule has 116 valence electrons. The molecule has 1 heterocycles. The van der Waals surface area contributed by atoms with Crippen molar-refractivity contribution in [2.45, 2.75) is 19.3 Å². The molecule has 0 atom stereocenters. The molecule has 1 amide bonds. The highest BCUT2D eigenvalue weighted by atomic mass is 16.5. The van der Waals surface area contributed by atoms with E-state index in [-0.39, 0.29) is 5.91 Å². The first-order valence-corrected chi connectivity index (χ1v) is 7.64. The predicted molar refractivity (Wildman–Crippen MR) is 85.9 cm³/mol. The van der Waals surface area contributed by atoms with E-state index in [9.17, 15) is 4.79 Å². The summed E-state index contributed by atoms with van der Waals surface area (Å²) in [6.45, 7) is 3.93. The van der Waals surface area contributed by atoms with Crippen LogP contribution in [0.4, 0.5) is 11.4 Å². The van der Waals surface area contributed by atoms with Gasteiger partial charge in [0, 0.05) is 44.7 Å². The molecule has 21 heavy (non-hydrogen) atoms. The van der Waals surface area contributed by atoms with E-state index in [2.05, 4.69) is 27.7 Å². The smallest absolute Gasteiger partial charge is 0.239 e. The van der Waals surface area contributed by atoms with Gasteiger partial charge in [-0.3, -0.25) is 4.79 Å². The van der Waals surface area contributed by atoms with Crippen LogP contribution in [0.15, 0.2) is 24.3 Å². The van der Waals surface area contributed by atoms with Crippen LogP contribution >= 0.6 is 0 Å². The van der Waals surface area contributed by atoms with Gasteiger partial charge in [-0.15, -0.1) is 0 Å². The molecule has 5 nitrogen and oxygen atoms in total. The number of benzene rings is 1. The van der Waals surface area contributed by atoms with Crippen LogP contribution < -0.4 is 15.5 Å². The van der Waals surface area contributed by atoms with Gasteiger partial charge in [0.2, 0.25) is 5.91 Å². The average molecular weight is 291 g/mol. The van der Waals surface area contributed by atoms with Crippen LogP contribution in [0.1, 0.15) is 19.3 Å². The Morgan fingerprint density at radius 2 is 1.95 bits per heavy atom. The maximum absolute atomic E-state index is 11.6. The summed E-state index contributed by atoms with van der Waals surface area (Å²) in [5.41, 5.74) is 2.24. The average Bonchev–Trinajstić information content (AvgIpc) is 3.04. The first-order valence-electron chi connectivity index (χ1n) is 7.64. The third-order valence-electron chi connectivity index (χ3n) is 3.64. The molecular formula is C16H25N3O2. The number of carbonyl (C=O) groups excluding carboxylic acids is 1. The number of rotatable bonds is 8. The summed E-state index contributed by atoms with van der Waals surface area (Å²) in [5.74, 6) is 0.00900. The fourth-order valence-corrected chi connectivity index (χ4v) is 2.45. The molecule has 5 heteroatoms. The topological polar surface area (TPSA) is 53.6 Å². The van der Waals surface area contributed by atoms with Crippen molar-refractivity contribution in [2.24, 2.45) is 0 Å². The van der Waals surface area contributed by atoms with Gasteiger partial charge in [-0.2, -0.15) is 0 Å². The van der Waals surface area contributed by atoms with Crippen molar-refractivity contribution in [1.29, 1.82) is 0 Å². The Labute approximate surface area is 126 Å². The van der Waals surface area contributed by atoms with E-state index in [0.717, 1.165) is 25.2 Å². The number of hydrogen-bond acceptors (Lipinski definition) is 4. The fraction of sp³-hybridized carbons (Fsp3) is 0.562. The first-order chi connectivity index (χ1) is 10.3. The normalized spacial score (nSPS) is 14.2. The number of methoxy groups -OCH3 is 1. The molecule has 1 aliphatic heterocycles. The number of ether oxygens (including phenoxy) is 1. The van der Waals surface area contributed by atoms with Gasteiger partial charge in [0.1, 0.15) is 0 Å². The Morgan fingerprint density at radius 1 is 1.24 bits per heavy atom. The quantitative estimate of drug-likeness (QED) is 0.718. The zero-order chi connectivity index (χ0) is 14.9. The van der Waals surface area contributed by atoms with E-state index in [1.807, 2.05) is 12.1 Å². The minimum absolute atomic E-state index is 0.00900. The molecule has 1 fully saturated rings. The third kappa shape index (κ3) is 5.27. The van der Waals surface area contributed by atoms with Crippen molar-refractivity contribution in [2.75, 3.05) is 50.1 Å². The second-order valence-corrected chi connectivity index (χ2v) is 5.29. The number of nitrogens with zero attached hydrogens (tertiary/aromatic N) is 1. The molecule has 0 radical (unpaired) electrons. The highest BCUT2D eigenvalue weighted by Crippen LogP contribution is 2.21. The second-order valence-electron chi connectivity index (χ2n) is 5.29. The lowest BCUT2D eigenvalue weighted by Gasteiger charge is -2.18. The van der Waals surface area contributed by atoms with E-state index in [0.29, 0.717) is 19.7 Å². The summed E-state index contributed by atoms with van der Waals surface area (Å²) < 4.78 is 4.94. The minimum Gasteiger partial charge on any atom is -0.385 e. The summed E-state index contributed by atoms with van der Waals surface area (Å²) in [6, 6.07) is 8.30. The second kappa shape index (κ2) is 8.52. The zero-order valence-corrected chi connectivity index (χ0v) is 12.7. The SMILES string of the molecule is COCCCNC(=O)CNc1ccc(N2CCCC2)cc1. The van der Waals surface area contributed by atoms with Crippen LogP contribution in [-0.4, -0.2) is 45.8 Å². The summed E-state index contributed by atoms with van der Waals surface area (Å²) in [5, 5.41) is 6.00. The first kappa shape index (κ1) is 15.6. The molecule has 0 spiro atoms. The summed E-state index contributed by atoms with van der Waals surface area (Å²) >= 11 is 0. The molecular weight excluding hydrogens is 266 g/mol. The van der Waals surface area contributed by atoms with Gasteiger partial charge in [0.05, 0.1) is 6.54 Å². The summed E-state index contributed by atoms with van der Waals surface area (Å²) in [4.78, 5) is 14.0. The van der Waals surface area contributed by atoms with Crippen LogP contribution in [-0.2, 0) is 9.53 Å². The molecule has 0 aromatic heterocycles. The van der Waals surface area contributed by atoms with Crippen molar-refractivity contribution in [3.05, 3.63) is 24.3 Å². The van der Waals surface area contributed by atoms with Gasteiger partial charge in [-0.1, -0.05) is 0 Å². The predicted octanol–water partition coefficient (Wildman–Crippen LogP) is 1.85. The molecule has 0 saturated carbocycles. The third-order valence-corrected chi connectivity index (χ3v) is 3.64. The van der Waals surface area contributed by atoms with Gasteiger partial charge in [-0.05, 0) is 43.5 Å². The van der Waals surface area contributed by atoms with Gasteiger partial charge >= 0.3 is 0 Å². The molecule has 2 rings (SSSR count). The molecule has 0 bridgehead atoms. The van der Waals surface area contributed by atoms with Crippen LogP contribution in [0, 0.1) is 0 Å². The molecule has 1 saturated heterocycles. The highest BCUT2D eigenvalue weighted by molar-refractivity contribution is 5.80. The molecule has 0 aliphatic carbocycles. The van der Waals surface area contributed by atoms with Crippen LogP contribution in [0.25, 0.3) is 0 Å². The largest absolute Gasteiger partial charge is 0.385 e. The minimum atomic E-state index is 0.00900. The monoisotopic (exact) mass is 291 g/mol. The van der Waals surface area contributed by atoms with Gasteiger partial charge in [0.25, 0.3) is 0 Å². The van der Waals surface area contributed by atoms with Crippen molar-refractivity contribution in [1.82, 2.24) is 5.32 Å². The fourth-order valence-electron chi connectivity index (χ4n) is 2.45.